The van der Waals surface area contributed by atoms with Crippen LogP contribution in [0.1, 0.15) is 13.8 Å². The summed E-state index contributed by atoms with van der Waals surface area (Å²) in [5.41, 5.74) is 0. The third kappa shape index (κ3) is 6.27. The molecular formula is C15H25N3O2S2. The van der Waals surface area contributed by atoms with E-state index in [4.69, 9.17) is 0 Å². The molecule has 0 spiro atoms. The minimum Gasteiger partial charge on any atom is -0.355 e. The Hall–Kier alpha value is -1.21. The van der Waals surface area contributed by atoms with E-state index in [2.05, 4.69) is 35.7 Å². The number of thioether (sulfide) groups is 1. The molecule has 5 nitrogen and oxygen atoms in total. The van der Waals surface area contributed by atoms with Gasteiger partial charge in [0.1, 0.15) is 0 Å². The first-order valence-corrected chi connectivity index (χ1v) is 9.96. The Balaban J connectivity index is 2.48. The summed E-state index contributed by atoms with van der Waals surface area (Å²) >= 11 is 1.76. The molecule has 0 aliphatic rings. The van der Waals surface area contributed by atoms with Crippen molar-refractivity contribution >= 4 is 27.6 Å². The molecule has 22 heavy (non-hydrogen) atoms. The van der Waals surface area contributed by atoms with Crippen molar-refractivity contribution in [1.29, 1.82) is 0 Å². The van der Waals surface area contributed by atoms with Gasteiger partial charge in [-0.3, -0.25) is 4.99 Å². The smallest absolute Gasteiger partial charge is 0.191 e. The van der Waals surface area contributed by atoms with Crippen LogP contribution >= 0.6 is 11.8 Å². The zero-order valence-corrected chi connectivity index (χ0v) is 15.2. The standard InChI is InChI=1S/C15H25N3O2S2/c1-15(2,21-4)12-18-14(16-3)17-10-11-22(19,20)13-8-6-5-7-9-13/h5-9H,10-12H2,1-4H3,(H2,16,17,18). The molecule has 0 aliphatic heterocycles. The first-order valence-electron chi connectivity index (χ1n) is 7.08. The fourth-order valence-electron chi connectivity index (χ4n) is 1.64. The van der Waals surface area contributed by atoms with Crippen molar-refractivity contribution in [3.05, 3.63) is 30.3 Å². The van der Waals surface area contributed by atoms with Crippen molar-refractivity contribution < 1.29 is 8.42 Å². The van der Waals surface area contributed by atoms with Gasteiger partial charge in [-0.1, -0.05) is 18.2 Å². The van der Waals surface area contributed by atoms with Gasteiger partial charge in [0.05, 0.1) is 10.6 Å². The monoisotopic (exact) mass is 343 g/mol. The molecule has 0 aliphatic carbocycles. The van der Waals surface area contributed by atoms with Gasteiger partial charge in [-0.25, -0.2) is 8.42 Å². The van der Waals surface area contributed by atoms with E-state index in [1.54, 1.807) is 49.1 Å². The van der Waals surface area contributed by atoms with Crippen LogP contribution in [0.2, 0.25) is 0 Å². The molecule has 1 aromatic carbocycles. The Morgan fingerprint density at radius 2 is 1.86 bits per heavy atom. The van der Waals surface area contributed by atoms with E-state index in [1.165, 1.54) is 0 Å². The molecule has 1 rings (SSSR count). The van der Waals surface area contributed by atoms with Crippen LogP contribution in [0, 0.1) is 0 Å². The summed E-state index contributed by atoms with van der Waals surface area (Å²) in [4.78, 5) is 4.46. The Labute approximate surface area is 137 Å². The van der Waals surface area contributed by atoms with Crippen LogP contribution in [0.4, 0.5) is 0 Å². The Morgan fingerprint density at radius 1 is 1.23 bits per heavy atom. The predicted octanol–water partition coefficient (Wildman–Crippen LogP) is 1.77. The molecule has 1 aromatic rings. The van der Waals surface area contributed by atoms with Crippen LogP contribution in [0.3, 0.4) is 0 Å². The van der Waals surface area contributed by atoms with Gasteiger partial charge >= 0.3 is 0 Å². The summed E-state index contributed by atoms with van der Waals surface area (Å²) in [7, 11) is -1.59. The lowest BCUT2D eigenvalue weighted by Gasteiger charge is -2.23. The molecule has 0 saturated heterocycles. The normalized spacial score (nSPS) is 13.0. The quantitative estimate of drug-likeness (QED) is 0.583. The number of hydrogen-bond donors (Lipinski definition) is 2. The summed E-state index contributed by atoms with van der Waals surface area (Å²) < 4.78 is 24.4. The van der Waals surface area contributed by atoms with Crippen LogP contribution in [0.25, 0.3) is 0 Å². The van der Waals surface area contributed by atoms with Gasteiger partial charge < -0.3 is 10.6 Å². The topological polar surface area (TPSA) is 70.6 Å². The first kappa shape index (κ1) is 18.8. The number of nitrogens with zero attached hydrogens (tertiary/aromatic N) is 1. The first-order chi connectivity index (χ1) is 10.3. The molecule has 124 valence electrons. The second-order valence-corrected chi connectivity index (χ2v) is 9.07. The number of sulfone groups is 1. The van der Waals surface area contributed by atoms with E-state index in [1.807, 2.05) is 0 Å². The molecule has 0 aromatic heterocycles. The molecule has 7 heteroatoms. The number of rotatable bonds is 7. The summed E-state index contributed by atoms with van der Waals surface area (Å²) in [6, 6.07) is 8.49. The van der Waals surface area contributed by atoms with E-state index < -0.39 is 9.84 Å². The maximum Gasteiger partial charge on any atom is 0.191 e. The third-order valence-corrected chi connectivity index (χ3v) is 6.20. The van der Waals surface area contributed by atoms with Gasteiger partial charge in [0.2, 0.25) is 0 Å². The van der Waals surface area contributed by atoms with Crippen molar-refractivity contribution in [1.82, 2.24) is 10.6 Å². The minimum absolute atomic E-state index is 0.0314. The number of aliphatic imine (C=N–C) groups is 1. The second kappa shape index (κ2) is 8.43. The highest BCUT2D eigenvalue weighted by molar-refractivity contribution is 7.99. The van der Waals surface area contributed by atoms with Crippen molar-refractivity contribution in [3.63, 3.8) is 0 Å². The van der Waals surface area contributed by atoms with Crippen LogP contribution in [0.5, 0.6) is 0 Å². The van der Waals surface area contributed by atoms with Gasteiger partial charge in [0.25, 0.3) is 0 Å². The molecule has 2 N–H and O–H groups in total. The lowest BCUT2D eigenvalue weighted by atomic mass is 10.2. The highest BCUT2D eigenvalue weighted by atomic mass is 32.2. The van der Waals surface area contributed by atoms with E-state index in [0.29, 0.717) is 17.4 Å². The Bertz CT molecular complexity index is 584. The Morgan fingerprint density at radius 3 is 2.41 bits per heavy atom. The summed E-state index contributed by atoms with van der Waals surface area (Å²) in [6.45, 7) is 5.34. The van der Waals surface area contributed by atoms with E-state index in [0.717, 1.165) is 6.54 Å². The molecule has 0 fully saturated rings. The molecule has 0 unspecified atom stereocenters. The number of nitrogens with one attached hydrogen (secondary N) is 2. The summed E-state index contributed by atoms with van der Waals surface area (Å²) in [5, 5.41) is 6.25. The van der Waals surface area contributed by atoms with Crippen LogP contribution < -0.4 is 10.6 Å². The second-order valence-electron chi connectivity index (χ2n) is 5.45. The van der Waals surface area contributed by atoms with Gasteiger partial charge in [-0.05, 0) is 32.2 Å². The Kier molecular flexibility index (Phi) is 7.22. The van der Waals surface area contributed by atoms with E-state index in [9.17, 15) is 8.42 Å². The highest BCUT2D eigenvalue weighted by Crippen LogP contribution is 2.19. The predicted molar refractivity (Wildman–Crippen MR) is 95.5 cm³/mol. The fourth-order valence-corrected chi connectivity index (χ4v) is 3.03. The van der Waals surface area contributed by atoms with Crippen molar-refractivity contribution in [2.45, 2.75) is 23.5 Å². The van der Waals surface area contributed by atoms with Gasteiger partial charge in [0, 0.05) is 24.9 Å². The molecule has 0 bridgehead atoms. The van der Waals surface area contributed by atoms with Gasteiger partial charge in [-0.15, -0.1) is 0 Å². The van der Waals surface area contributed by atoms with Gasteiger partial charge in [-0.2, -0.15) is 11.8 Å². The minimum atomic E-state index is -3.26. The maximum absolute atomic E-state index is 12.2. The fraction of sp³-hybridized carbons (Fsp3) is 0.533. The summed E-state index contributed by atoms with van der Waals surface area (Å²) in [6.07, 6.45) is 2.06. The van der Waals surface area contributed by atoms with Crippen LogP contribution in [-0.4, -0.2) is 51.3 Å². The zero-order valence-electron chi connectivity index (χ0n) is 13.6. The largest absolute Gasteiger partial charge is 0.355 e. The molecule has 0 atom stereocenters. The van der Waals surface area contributed by atoms with Gasteiger partial charge in [0.15, 0.2) is 15.8 Å². The number of hydrogen-bond acceptors (Lipinski definition) is 4. The third-order valence-electron chi connectivity index (χ3n) is 3.22. The van der Waals surface area contributed by atoms with Crippen molar-refractivity contribution in [3.8, 4) is 0 Å². The molecule has 0 radical (unpaired) electrons. The van der Waals surface area contributed by atoms with Crippen molar-refractivity contribution in [2.75, 3.05) is 32.1 Å². The SMILES string of the molecule is CN=C(NCCS(=O)(=O)c1ccccc1)NCC(C)(C)SC. The average Bonchev–Trinajstić information content (AvgIpc) is 2.51. The average molecular weight is 344 g/mol. The van der Waals surface area contributed by atoms with E-state index in [-0.39, 0.29) is 10.5 Å². The van der Waals surface area contributed by atoms with Crippen LogP contribution in [0.15, 0.2) is 40.2 Å². The lowest BCUT2D eigenvalue weighted by Crippen LogP contribution is -2.44. The molecule has 0 saturated carbocycles. The van der Waals surface area contributed by atoms with Crippen LogP contribution in [-0.2, 0) is 9.84 Å². The van der Waals surface area contributed by atoms with Crippen molar-refractivity contribution in [2.24, 2.45) is 4.99 Å². The summed E-state index contributed by atoms with van der Waals surface area (Å²) in [5.74, 6) is 0.647. The maximum atomic E-state index is 12.2. The molecule has 0 heterocycles. The highest BCUT2D eigenvalue weighted by Gasteiger charge is 2.17. The number of guanidine groups is 1. The molecule has 0 amide bonds. The number of benzene rings is 1. The molecular weight excluding hydrogens is 318 g/mol. The van der Waals surface area contributed by atoms with E-state index >= 15 is 0 Å². The lowest BCUT2D eigenvalue weighted by molar-refractivity contribution is 0.594. The zero-order chi connectivity index (χ0) is 16.6.